The summed E-state index contributed by atoms with van der Waals surface area (Å²) in [5.74, 6) is -2.10. The third kappa shape index (κ3) is 6.85. The van der Waals surface area contributed by atoms with Gasteiger partial charge in [0, 0.05) is 61.4 Å². The predicted octanol–water partition coefficient (Wildman–Crippen LogP) is 4.30. The zero-order valence-electron chi connectivity index (χ0n) is 23.5. The first kappa shape index (κ1) is 31.4. The van der Waals surface area contributed by atoms with Crippen molar-refractivity contribution in [3.8, 4) is 0 Å². The third-order valence-electron chi connectivity index (χ3n) is 8.33. The fraction of sp³-hybridized carbons (Fsp3) is 0.433. The number of rotatable bonds is 6. The molecule has 8 nitrogen and oxygen atoms in total. The Morgan fingerprint density at radius 1 is 0.909 bits per heavy atom. The fourth-order valence-electron chi connectivity index (χ4n) is 6.03. The quantitative estimate of drug-likeness (QED) is 0.400. The van der Waals surface area contributed by atoms with Crippen LogP contribution in [0.2, 0.25) is 0 Å². The number of halogens is 6. The van der Waals surface area contributed by atoms with E-state index < -0.39 is 52.8 Å². The number of hydrogen-bond acceptors (Lipinski definition) is 4. The molecule has 2 aliphatic rings. The maximum atomic E-state index is 13.7. The van der Waals surface area contributed by atoms with Gasteiger partial charge < -0.3 is 20.5 Å². The number of piperazine rings is 1. The van der Waals surface area contributed by atoms with Crippen molar-refractivity contribution >= 4 is 28.6 Å². The van der Waals surface area contributed by atoms with Crippen molar-refractivity contribution in [2.75, 3.05) is 39.3 Å². The lowest BCUT2D eigenvalue weighted by Crippen LogP contribution is -2.58. The molecule has 2 saturated heterocycles. The van der Waals surface area contributed by atoms with Crippen LogP contribution in [0.25, 0.3) is 10.9 Å². The predicted molar refractivity (Wildman–Crippen MR) is 148 cm³/mol. The van der Waals surface area contributed by atoms with Gasteiger partial charge in [0.05, 0.1) is 23.6 Å². The summed E-state index contributed by atoms with van der Waals surface area (Å²) >= 11 is 0. The normalized spacial score (nSPS) is 20.2. The number of likely N-dealkylation sites (tertiary alicyclic amines) is 1. The van der Waals surface area contributed by atoms with Crippen LogP contribution in [0.3, 0.4) is 0 Å². The molecular formula is C30H31F6N5O3. The summed E-state index contributed by atoms with van der Waals surface area (Å²) in [4.78, 5) is 46.3. The Bertz CT molecular complexity index is 1520. The molecule has 2 aromatic carbocycles. The van der Waals surface area contributed by atoms with Gasteiger partial charge in [0.25, 0.3) is 5.91 Å². The highest BCUT2D eigenvalue weighted by Crippen LogP contribution is 2.37. The standard InChI is InChI=1S/C30H31F6N5O3/c31-29(32,33)21-10-19(11-22(13-21)30(34,35)36)28(44)41-9-8-39(17-26(42)40-7-3-4-18(15-40)27(37)43)16-23(41)12-20-14-38-25-6-2-1-5-24(20)25/h1-2,5-6,10-11,13-14,18,23,38H,3-4,7-9,12,15-17H2,(H2,37,43)/t18?,23-/m1/s1. The van der Waals surface area contributed by atoms with E-state index in [1.165, 1.54) is 4.90 Å². The molecule has 2 fully saturated rings. The molecule has 44 heavy (non-hydrogen) atoms. The number of carbonyl (C=O) groups is 3. The van der Waals surface area contributed by atoms with Crippen LogP contribution in [-0.4, -0.2) is 82.7 Å². The molecule has 2 atom stereocenters. The maximum Gasteiger partial charge on any atom is 0.416 e. The van der Waals surface area contributed by atoms with E-state index >= 15 is 0 Å². The van der Waals surface area contributed by atoms with Crippen LogP contribution in [0.1, 0.15) is 39.9 Å². The summed E-state index contributed by atoms with van der Waals surface area (Å²) in [5.41, 5.74) is 3.22. The molecule has 1 unspecified atom stereocenters. The number of hydrogen-bond donors (Lipinski definition) is 2. The second kappa shape index (κ2) is 12.1. The van der Waals surface area contributed by atoms with Gasteiger partial charge in [-0.2, -0.15) is 26.3 Å². The lowest BCUT2D eigenvalue weighted by atomic mass is 9.97. The number of aromatic amines is 1. The number of benzene rings is 2. The minimum atomic E-state index is -5.10. The number of aromatic nitrogens is 1. The molecule has 3 N–H and O–H groups in total. The van der Waals surface area contributed by atoms with E-state index in [9.17, 15) is 40.7 Å². The van der Waals surface area contributed by atoms with Gasteiger partial charge in [-0.1, -0.05) is 18.2 Å². The number of amides is 3. The Morgan fingerprint density at radius 3 is 2.25 bits per heavy atom. The van der Waals surface area contributed by atoms with Crippen LogP contribution in [0.4, 0.5) is 26.3 Å². The van der Waals surface area contributed by atoms with Crippen molar-refractivity contribution in [2.24, 2.45) is 11.7 Å². The Balaban J connectivity index is 1.42. The number of fused-ring (bicyclic) bond motifs is 1. The van der Waals surface area contributed by atoms with Gasteiger partial charge in [-0.05, 0) is 49.1 Å². The number of primary amides is 1. The minimum absolute atomic E-state index is 0.00681. The lowest BCUT2D eigenvalue weighted by molar-refractivity contribution is -0.143. The van der Waals surface area contributed by atoms with Crippen LogP contribution in [0.5, 0.6) is 0 Å². The number of nitrogens with one attached hydrogen (secondary N) is 1. The number of alkyl halides is 6. The highest BCUT2D eigenvalue weighted by Gasteiger charge is 2.39. The summed E-state index contributed by atoms with van der Waals surface area (Å²) in [6, 6.07) is 7.59. The van der Waals surface area contributed by atoms with E-state index in [2.05, 4.69) is 4.98 Å². The maximum absolute atomic E-state index is 13.7. The number of carbonyl (C=O) groups excluding carboxylic acids is 3. The average molecular weight is 624 g/mol. The smallest absolute Gasteiger partial charge is 0.369 e. The Morgan fingerprint density at radius 2 is 1.59 bits per heavy atom. The number of nitrogens with two attached hydrogens (primary N) is 1. The lowest BCUT2D eigenvalue weighted by Gasteiger charge is -2.42. The van der Waals surface area contributed by atoms with Crippen LogP contribution >= 0.6 is 0 Å². The van der Waals surface area contributed by atoms with E-state index in [1.807, 2.05) is 29.2 Å². The molecule has 0 radical (unpaired) electrons. The Kier molecular flexibility index (Phi) is 8.65. The molecular weight excluding hydrogens is 592 g/mol. The molecule has 3 aromatic rings. The van der Waals surface area contributed by atoms with Gasteiger partial charge in [-0.3, -0.25) is 19.3 Å². The molecule has 5 rings (SSSR count). The Hall–Kier alpha value is -4.07. The first-order chi connectivity index (χ1) is 20.7. The summed E-state index contributed by atoms with van der Waals surface area (Å²) in [6.45, 7) is 0.939. The van der Waals surface area contributed by atoms with Crippen molar-refractivity contribution in [3.63, 3.8) is 0 Å². The number of nitrogens with zero attached hydrogens (tertiary/aromatic N) is 3. The van der Waals surface area contributed by atoms with Crippen molar-refractivity contribution in [1.82, 2.24) is 19.7 Å². The molecule has 14 heteroatoms. The molecule has 2 aliphatic heterocycles. The summed E-state index contributed by atoms with van der Waals surface area (Å²) < 4.78 is 81.3. The van der Waals surface area contributed by atoms with Crippen LogP contribution < -0.4 is 5.73 Å². The molecule has 3 heterocycles. The minimum Gasteiger partial charge on any atom is -0.369 e. The molecule has 3 amide bonds. The second-order valence-electron chi connectivity index (χ2n) is 11.3. The van der Waals surface area contributed by atoms with Gasteiger partial charge in [-0.15, -0.1) is 0 Å². The summed E-state index contributed by atoms with van der Waals surface area (Å²) in [7, 11) is 0. The van der Waals surface area contributed by atoms with E-state index in [0.717, 1.165) is 16.5 Å². The number of H-pyrrole nitrogens is 1. The Labute approximate surface area is 248 Å². The highest BCUT2D eigenvalue weighted by atomic mass is 19.4. The SMILES string of the molecule is NC(=O)C1CCCN(C(=O)CN2CCN(C(=O)c3cc(C(F)(F)F)cc(C(F)(F)F)c3)[C@H](Cc3c[nH]c4ccccc34)C2)C1. The molecule has 236 valence electrons. The number of piperidine rings is 1. The summed E-state index contributed by atoms with van der Waals surface area (Å²) in [6.07, 6.45) is -6.98. The summed E-state index contributed by atoms with van der Waals surface area (Å²) in [5, 5.41) is 0.859. The fourth-order valence-corrected chi connectivity index (χ4v) is 6.03. The van der Waals surface area contributed by atoms with Crippen LogP contribution in [-0.2, 0) is 28.4 Å². The van der Waals surface area contributed by atoms with Crippen molar-refractivity contribution in [1.29, 1.82) is 0 Å². The van der Waals surface area contributed by atoms with E-state index in [1.54, 1.807) is 11.1 Å². The zero-order valence-corrected chi connectivity index (χ0v) is 23.5. The van der Waals surface area contributed by atoms with Crippen LogP contribution in [0, 0.1) is 5.92 Å². The van der Waals surface area contributed by atoms with Crippen LogP contribution in [0.15, 0.2) is 48.7 Å². The van der Waals surface area contributed by atoms with Gasteiger partial charge in [-0.25, -0.2) is 0 Å². The third-order valence-corrected chi connectivity index (χ3v) is 8.33. The van der Waals surface area contributed by atoms with Crippen molar-refractivity contribution in [3.05, 3.63) is 70.9 Å². The number of para-hydroxylation sites is 1. The zero-order chi connectivity index (χ0) is 31.8. The molecule has 1 aromatic heterocycles. The van der Waals surface area contributed by atoms with E-state index in [0.29, 0.717) is 31.5 Å². The topological polar surface area (TPSA) is 103 Å². The largest absolute Gasteiger partial charge is 0.416 e. The van der Waals surface area contributed by atoms with Gasteiger partial charge in [0.15, 0.2) is 0 Å². The average Bonchev–Trinajstić information content (AvgIpc) is 3.38. The van der Waals surface area contributed by atoms with Gasteiger partial charge >= 0.3 is 12.4 Å². The highest BCUT2D eigenvalue weighted by molar-refractivity contribution is 5.95. The molecule has 0 bridgehead atoms. The van der Waals surface area contributed by atoms with E-state index in [-0.39, 0.29) is 51.1 Å². The molecule has 0 saturated carbocycles. The first-order valence-corrected chi connectivity index (χ1v) is 14.2. The monoisotopic (exact) mass is 623 g/mol. The van der Waals surface area contributed by atoms with Crippen molar-refractivity contribution in [2.45, 2.75) is 37.7 Å². The molecule has 0 aliphatic carbocycles. The van der Waals surface area contributed by atoms with Crippen molar-refractivity contribution < 1.29 is 40.7 Å². The van der Waals surface area contributed by atoms with Gasteiger partial charge in [0.2, 0.25) is 11.8 Å². The van der Waals surface area contributed by atoms with Gasteiger partial charge in [0.1, 0.15) is 0 Å². The van der Waals surface area contributed by atoms with E-state index in [4.69, 9.17) is 5.73 Å². The first-order valence-electron chi connectivity index (χ1n) is 14.2. The molecule has 0 spiro atoms. The second-order valence-corrected chi connectivity index (χ2v) is 11.3.